The van der Waals surface area contributed by atoms with E-state index in [4.69, 9.17) is 0 Å². The van der Waals surface area contributed by atoms with E-state index >= 15 is 0 Å². The Kier molecular flexibility index (Phi) is 5.44. The molecule has 8 nitrogen and oxygen atoms in total. The van der Waals surface area contributed by atoms with Crippen molar-refractivity contribution in [2.75, 3.05) is 31.1 Å². The maximum atomic E-state index is 12.7. The highest BCUT2D eigenvalue weighted by Crippen LogP contribution is 2.36. The van der Waals surface area contributed by atoms with Crippen molar-refractivity contribution in [3.63, 3.8) is 0 Å². The topological polar surface area (TPSA) is 101 Å². The predicted molar refractivity (Wildman–Crippen MR) is 85.4 cm³/mol. The lowest BCUT2D eigenvalue weighted by atomic mass is 10.2. The molecule has 26 heavy (non-hydrogen) atoms. The van der Waals surface area contributed by atoms with Crippen molar-refractivity contribution in [3.8, 4) is 0 Å². The minimum absolute atomic E-state index is 0.0136. The molecule has 1 fully saturated rings. The molecule has 1 amide bonds. The highest BCUT2D eigenvalue weighted by molar-refractivity contribution is 7.92. The van der Waals surface area contributed by atoms with Gasteiger partial charge in [0.15, 0.2) is 0 Å². The van der Waals surface area contributed by atoms with E-state index in [1.807, 2.05) is 0 Å². The number of piperazine rings is 1. The Morgan fingerprint density at radius 1 is 1.23 bits per heavy atom. The predicted octanol–water partition coefficient (Wildman–Crippen LogP) is 1.95. The third-order valence-corrected chi connectivity index (χ3v) is 5.52. The highest BCUT2D eigenvalue weighted by Gasteiger charge is 2.47. The van der Waals surface area contributed by atoms with Crippen LogP contribution in [0, 0.1) is 10.1 Å². The summed E-state index contributed by atoms with van der Waals surface area (Å²) in [5.41, 5.74) is -6.26. The number of benzene rings is 1. The minimum atomic E-state index is -5.68. The first-order valence-electron chi connectivity index (χ1n) is 7.61. The van der Waals surface area contributed by atoms with Crippen molar-refractivity contribution >= 4 is 27.1 Å². The van der Waals surface area contributed by atoms with E-state index in [0.29, 0.717) is 31.6 Å². The van der Waals surface area contributed by atoms with Gasteiger partial charge in [0.05, 0.1) is 9.82 Å². The largest absolute Gasteiger partial charge is 0.501 e. The molecule has 0 aromatic heterocycles. The number of nitrogens with zero attached hydrogens (tertiary/aromatic N) is 3. The lowest BCUT2D eigenvalue weighted by Gasteiger charge is -2.35. The number of amides is 1. The van der Waals surface area contributed by atoms with Crippen molar-refractivity contribution in [2.45, 2.75) is 23.7 Å². The van der Waals surface area contributed by atoms with Gasteiger partial charge in [-0.1, -0.05) is 6.92 Å². The fraction of sp³-hybridized carbons (Fsp3) is 0.500. The van der Waals surface area contributed by atoms with Crippen LogP contribution < -0.4 is 4.90 Å². The summed E-state index contributed by atoms with van der Waals surface area (Å²) in [6.07, 6.45) is 0.324. The zero-order valence-corrected chi connectivity index (χ0v) is 14.5. The zero-order chi connectivity index (χ0) is 19.7. The van der Waals surface area contributed by atoms with Gasteiger partial charge in [-0.05, 0) is 12.1 Å². The highest BCUT2D eigenvalue weighted by atomic mass is 32.2. The van der Waals surface area contributed by atoms with Crippen molar-refractivity contribution in [1.29, 1.82) is 0 Å². The van der Waals surface area contributed by atoms with Crippen molar-refractivity contribution in [2.24, 2.45) is 0 Å². The van der Waals surface area contributed by atoms with Crippen LogP contribution in [0.2, 0.25) is 0 Å². The molecule has 1 aliphatic rings. The standard InChI is InChI=1S/C14H16F3N3O5S/c1-2-13(21)19-7-5-18(6-8-19)11-4-3-10(9-12(11)20(22)23)26(24,25)14(15,16)17/h3-4,9H,2,5-8H2,1H3. The van der Waals surface area contributed by atoms with Gasteiger partial charge in [-0.25, -0.2) is 8.42 Å². The number of carbonyl (C=O) groups is 1. The van der Waals surface area contributed by atoms with E-state index in [-0.39, 0.29) is 24.7 Å². The van der Waals surface area contributed by atoms with E-state index < -0.39 is 30.9 Å². The number of nitro benzene ring substituents is 1. The summed E-state index contributed by atoms with van der Waals surface area (Å²) in [6, 6.07) is 2.12. The molecule has 2 rings (SSSR count). The normalized spacial score (nSPS) is 15.8. The minimum Gasteiger partial charge on any atom is -0.362 e. The van der Waals surface area contributed by atoms with Crippen LogP contribution in [0.1, 0.15) is 13.3 Å². The third-order valence-electron chi connectivity index (χ3n) is 4.03. The summed E-state index contributed by atoms with van der Waals surface area (Å²) < 4.78 is 60.9. The molecule has 0 N–H and O–H groups in total. The number of hydrogen-bond acceptors (Lipinski definition) is 6. The zero-order valence-electron chi connectivity index (χ0n) is 13.7. The molecule has 0 spiro atoms. The lowest BCUT2D eigenvalue weighted by Crippen LogP contribution is -2.48. The second-order valence-electron chi connectivity index (χ2n) is 5.58. The second-order valence-corrected chi connectivity index (χ2v) is 7.52. The Bertz CT molecular complexity index is 818. The van der Waals surface area contributed by atoms with Gasteiger partial charge in [-0.15, -0.1) is 0 Å². The fourth-order valence-corrected chi connectivity index (χ4v) is 3.42. The van der Waals surface area contributed by atoms with Gasteiger partial charge in [0, 0.05) is 38.7 Å². The third kappa shape index (κ3) is 3.74. The molecule has 1 heterocycles. The lowest BCUT2D eigenvalue weighted by molar-refractivity contribution is -0.384. The maximum Gasteiger partial charge on any atom is 0.501 e. The van der Waals surface area contributed by atoms with E-state index in [9.17, 15) is 36.5 Å². The van der Waals surface area contributed by atoms with Gasteiger partial charge in [0.25, 0.3) is 15.5 Å². The van der Waals surface area contributed by atoms with Gasteiger partial charge < -0.3 is 9.80 Å². The summed E-state index contributed by atoms with van der Waals surface area (Å²) in [5.74, 6) is -0.0641. The SMILES string of the molecule is CCC(=O)N1CCN(c2ccc(S(=O)(=O)C(F)(F)F)cc2[N+](=O)[O-])CC1. The van der Waals surface area contributed by atoms with Crippen molar-refractivity contribution in [3.05, 3.63) is 28.3 Å². The molecule has 0 aliphatic carbocycles. The number of hydrogen-bond donors (Lipinski definition) is 0. The second kappa shape index (κ2) is 7.09. The number of sulfone groups is 1. The molecular weight excluding hydrogens is 379 g/mol. The Morgan fingerprint density at radius 2 is 1.81 bits per heavy atom. The number of carbonyl (C=O) groups excluding carboxylic acids is 1. The first-order valence-corrected chi connectivity index (χ1v) is 9.10. The molecule has 1 aliphatic heterocycles. The Morgan fingerprint density at radius 3 is 2.27 bits per heavy atom. The maximum absolute atomic E-state index is 12.7. The number of rotatable bonds is 4. The van der Waals surface area contributed by atoms with Crippen LogP contribution >= 0.6 is 0 Å². The molecule has 1 aromatic carbocycles. The molecule has 1 saturated heterocycles. The molecule has 1 aromatic rings. The molecule has 0 atom stereocenters. The molecule has 0 saturated carbocycles. The summed E-state index contributed by atoms with van der Waals surface area (Å²) in [5, 5.41) is 11.3. The van der Waals surface area contributed by atoms with Gasteiger partial charge in [-0.2, -0.15) is 13.2 Å². The molecule has 0 unspecified atom stereocenters. The number of alkyl halides is 3. The van der Waals surface area contributed by atoms with Crippen LogP contribution in [0.5, 0.6) is 0 Å². The van der Waals surface area contributed by atoms with E-state index in [1.54, 1.807) is 16.7 Å². The number of halogens is 3. The van der Waals surface area contributed by atoms with Gasteiger partial charge in [-0.3, -0.25) is 14.9 Å². The molecular formula is C14H16F3N3O5S. The van der Waals surface area contributed by atoms with Crippen LogP contribution in [-0.4, -0.2) is 55.8 Å². The molecule has 0 bridgehead atoms. The first kappa shape index (κ1) is 19.9. The van der Waals surface area contributed by atoms with Crippen LogP contribution in [0.3, 0.4) is 0 Å². The van der Waals surface area contributed by atoms with Crippen LogP contribution in [0.4, 0.5) is 24.5 Å². The van der Waals surface area contributed by atoms with Crippen LogP contribution in [0.25, 0.3) is 0 Å². The monoisotopic (exact) mass is 395 g/mol. The van der Waals surface area contributed by atoms with Gasteiger partial charge in [0.1, 0.15) is 5.69 Å². The number of nitro groups is 1. The summed E-state index contributed by atoms with van der Waals surface area (Å²) in [7, 11) is -5.68. The Balaban J connectivity index is 2.34. The summed E-state index contributed by atoms with van der Waals surface area (Å²) in [6.45, 7) is 2.83. The van der Waals surface area contributed by atoms with Crippen LogP contribution in [-0.2, 0) is 14.6 Å². The van der Waals surface area contributed by atoms with E-state index in [2.05, 4.69) is 0 Å². The first-order chi connectivity index (χ1) is 12.0. The van der Waals surface area contributed by atoms with E-state index in [1.165, 1.54) is 0 Å². The van der Waals surface area contributed by atoms with Gasteiger partial charge in [0.2, 0.25) is 5.91 Å². The van der Waals surface area contributed by atoms with Crippen molar-refractivity contribution in [1.82, 2.24) is 4.90 Å². The average molecular weight is 395 g/mol. The van der Waals surface area contributed by atoms with Gasteiger partial charge >= 0.3 is 5.51 Å². The van der Waals surface area contributed by atoms with E-state index in [0.717, 1.165) is 6.07 Å². The quantitative estimate of drug-likeness (QED) is 0.571. The molecule has 12 heteroatoms. The molecule has 144 valence electrons. The average Bonchev–Trinajstić information content (AvgIpc) is 2.59. The number of anilines is 1. The van der Waals surface area contributed by atoms with Crippen molar-refractivity contribution < 1.29 is 31.3 Å². The summed E-state index contributed by atoms with van der Waals surface area (Å²) >= 11 is 0. The van der Waals surface area contributed by atoms with Crippen LogP contribution in [0.15, 0.2) is 23.1 Å². The summed E-state index contributed by atoms with van der Waals surface area (Å²) in [4.78, 5) is 23.9. The Hall–Kier alpha value is -2.37. The molecule has 0 radical (unpaired) electrons. The fourth-order valence-electron chi connectivity index (χ4n) is 2.64. The Labute approximate surface area is 147 Å². The smallest absolute Gasteiger partial charge is 0.362 e.